The summed E-state index contributed by atoms with van der Waals surface area (Å²) < 4.78 is 1.71. The molecule has 0 aliphatic carbocycles. The molecule has 0 N–H and O–H groups in total. The van der Waals surface area contributed by atoms with Crippen molar-refractivity contribution >= 4 is 28.3 Å². The van der Waals surface area contributed by atoms with Gasteiger partial charge in [0.2, 0.25) is 5.91 Å². The van der Waals surface area contributed by atoms with Crippen LogP contribution in [0.25, 0.3) is 11.0 Å². The van der Waals surface area contributed by atoms with Gasteiger partial charge in [-0.15, -0.1) is 0 Å². The summed E-state index contributed by atoms with van der Waals surface area (Å²) in [5.41, 5.74) is 2.82. The molecule has 6 heteroatoms. The number of hydrogen-bond donors (Lipinski definition) is 0. The summed E-state index contributed by atoms with van der Waals surface area (Å²) >= 11 is 1.65. The van der Waals surface area contributed by atoms with E-state index in [9.17, 15) is 4.79 Å². The van der Waals surface area contributed by atoms with E-state index in [1.807, 2.05) is 43.2 Å². The Kier molecular flexibility index (Phi) is 4.66. The van der Waals surface area contributed by atoms with Crippen molar-refractivity contribution in [2.75, 3.05) is 0 Å². The van der Waals surface area contributed by atoms with Crippen LogP contribution in [0.15, 0.2) is 35.2 Å². The highest BCUT2D eigenvalue weighted by Crippen LogP contribution is 2.25. The van der Waals surface area contributed by atoms with Crippen molar-refractivity contribution in [1.82, 2.24) is 19.7 Å². The van der Waals surface area contributed by atoms with Crippen LogP contribution < -0.4 is 0 Å². The van der Waals surface area contributed by atoms with Gasteiger partial charge in [0, 0.05) is 17.6 Å². The second-order valence-electron chi connectivity index (χ2n) is 6.25. The van der Waals surface area contributed by atoms with E-state index in [-0.39, 0.29) is 24.5 Å². The maximum Gasteiger partial charge on any atom is 0.245 e. The third-order valence-corrected chi connectivity index (χ3v) is 4.97. The van der Waals surface area contributed by atoms with Gasteiger partial charge in [0.05, 0.1) is 11.7 Å². The van der Waals surface area contributed by atoms with Crippen molar-refractivity contribution in [3.05, 3.63) is 46.4 Å². The summed E-state index contributed by atoms with van der Waals surface area (Å²) in [5.74, 6) is 0.0544. The minimum absolute atomic E-state index is 0.0413. The predicted octanol–water partition coefficient (Wildman–Crippen LogP) is 3.80. The number of nitrogens with zero attached hydrogens (tertiary/aromatic N) is 4. The summed E-state index contributed by atoms with van der Waals surface area (Å²) in [4.78, 5) is 19.3. The lowest BCUT2D eigenvalue weighted by atomic mass is 10.1. The highest BCUT2D eigenvalue weighted by atomic mass is 32.1. The van der Waals surface area contributed by atoms with Gasteiger partial charge in [-0.2, -0.15) is 16.4 Å². The molecule has 24 heavy (non-hydrogen) atoms. The van der Waals surface area contributed by atoms with Gasteiger partial charge >= 0.3 is 0 Å². The Morgan fingerprint density at radius 1 is 1.33 bits per heavy atom. The smallest absolute Gasteiger partial charge is 0.245 e. The fourth-order valence-corrected chi connectivity index (χ4v) is 3.86. The third-order valence-electron chi connectivity index (χ3n) is 4.26. The van der Waals surface area contributed by atoms with Crippen LogP contribution >= 0.6 is 11.3 Å². The van der Waals surface area contributed by atoms with Crippen molar-refractivity contribution in [2.45, 2.75) is 46.3 Å². The van der Waals surface area contributed by atoms with E-state index in [1.165, 1.54) is 5.56 Å². The summed E-state index contributed by atoms with van der Waals surface area (Å²) in [7, 11) is 0. The number of rotatable bonds is 5. The molecule has 0 aliphatic heterocycles. The van der Waals surface area contributed by atoms with E-state index < -0.39 is 0 Å². The topological polar surface area (TPSA) is 51.0 Å². The Bertz CT molecular complexity index is 838. The molecule has 5 nitrogen and oxygen atoms in total. The molecule has 0 bridgehead atoms. The Hall–Kier alpha value is -2.21. The highest BCUT2D eigenvalue weighted by Gasteiger charge is 2.25. The van der Waals surface area contributed by atoms with Crippen molar-refractivity contribution in [2.24, 2.45) is 0 Å². The highest BCUT2D eigenvalue weighted by molar-refractivity contribution is 7.07. The molecule has 0 radical (unpaired) electrons. The first-order valence-electron chi connectivity index (χ1n) is 8.10. The van der Waals surface area contributed by atoms with Crippen molar-refractivity contribution in [1.29, 1.82) is 0 Å². The van der Waals surface area contributed by atoms with Crippen LogP contribution in [0.4, 0.5) is 0 Å². The summed E-state index contributed by atoms with van der Waals surface area (Å²) in [6, 6.07) is 6.11. The second-order valence-corrected chi connectivity index (χ2v) is 7.03. The molecule has 3 aromatic rings. The maximum atomic E-state index is 13.0. The minimum atomic E-state index is 0.0413. The largest absolute Gasteiger partial charge is 0.332 e. The third kappa shape index (κ3) is 3.06. The van der Waals surface area contributed by atoms with E-state index >= 15 is 0 Å². The lowest BCUT2D eigenvalue weighted by Crippen LogP contribution is -2.41. The molecule has 0 aliphatic rings. The van der Waals surface area contributed by atoms with Crippen LogP contribution in [-0.4, -0.2) is 31.6 Å². The lowest BCUT2D eigenvalue weighted by molar-refractivity contribution is -0.136. The summed E-state index contributed by atoms with van der Waals surface area (Å²) in [6.45, 7) is 8.31. The zero-order valence-electron chi connectivity index (χ0n) is 14.4. The minimum Gasteiger partial charge on any atom is -0.332 e. The lowest BCUT2D eigenvalue weighted by Gasteiger charge is -2.32. The Balaban J connectivity index is 1.88. The zero-order valence-corrected chi connectivity index (χ0v) is 15.2. The van der Waals surface area contributed by atoms with Crippen LogP contribution in [0.3, 0.4) is 0 Å². The first-order chi connectivity index (χ1) is 11.5. The molecule has 126 valence electrons. The number of hydrogen-bond acceptors (Lipinski definition) is 4. The molecule has 1 unspecified atom stereocenters. The number of carbonyl (C=O) groups is 1. The maximum absolute atomic E-state index is 13.0. The molecule has 0 saturated heterocycles. The number of pyridine rings is 1. The molecular formula is C18H22N4OS. The summed E-state index contributed by atoms with van der Waals surface area (Å²) in [5, 5.41) is 9.64. The van der Waals surface area contributed by atoms with Gasteiger partial charge in [-0.25, -0.2) is 9.67 Å². The van der Waals surface area contributed by atoms with Crippen LogP contribution in [-0.2, 0) is 11.3 Å². The average Bonchev–Trinajstić information content (AvgIpc) is 3.17. The van der Waals surface area contributed by atoms with Crippen molar-refractivity contribution in [3.8, 4) is 0 Å². The standard InChI is InChI=1S/C18H22N4OS/c1-12(2)22(14(4)15-7-9-24-11-15)17(23)10-21-18-16(13(3)20-21)6-5-8-19-18/h5-9,11-12,14H,10H2,1-4H3. The monoisotopic (exact) mass is 342 g/mol. The van der Waals surface area contributed by atoms with Crippen LogP contribution in [0.5, 0.6) is 0 Å². The zero-order chi connectivity index (χ0) is 17.3. The fraction of sp³-hybridized carbons (Fsp3) is 0.389. The SMILES string of the molecule is Cc1nn(CC(=O)N(C(C)C)C(C)c2ccsc2)c2ncccc12. The number of aromatic nitrogens is 3. The number of carbonyl (C=O) groups excluding carboxylic acids is 1. The predicted molar refractivity (Wildman–Crippen MR) is 97.0 cm³/mol. The second kappa shape index (κ2) is 6.73. The van der Waals surface area contributed by atoms with Crippen molar-refractivity contribution in [3.63, 3.8) is 0 Å². The molecule has 3 rings (SSSR count). The molecule has 0 spiro atoms. The molecule has 1 amide bonds. The van der Waals surface area contributed by atoms with E-state index in [0.717, 1.165) is 16.7 Å². The van der Waals surface area contributed by atoms with Gasteiger partial charge in [-0.05, 0) is 62.2 Å². The van der Waals surface area contributed by atoms with E-state index in [4.69, 9.17) is 0 Å². The first-order valence-corrected chi connectivity index (χ1v) is 9.04. The Morgan fingerprint density at radius 2 is 2.12 bits per heavy atom. The molecule has 0 saturated carbocycles. The molecule has 3 aromatic heterocycles. The van der Waals surface area contributed by atoms with Crippen molar-refractivity contribution < 1.29 is 4.79 Å². The van der Waals surface area contributed by atoms with Gasteiger partial charge in [0.25, 0.3) is 0 Å². The molecule has 1 atom stereocenters. The summed E-state index contributed by atoms with van der Waals surface area (Å²) in [6.07, 6.45) is 1.73. The van der Waals surface area contributed by atoms with E-state index in [0.29, 0.717) is 0 Å². The average molecular weight is 342 g/mol. The molecule has 3 heterocycles. The number of amides is 1. The normalized spacial score (nSPS) is 12.7. The number of thiophene rings is 1. The molecule has 0 aromatic carbocycles. The number of fused-ring (bicyclic) bond motifs is 1. The van der Waals surface area contributed by atoms with E-state index in [1.54, 1.807) is 22.2 Å². The van der Waals surface area contributed by atoms with Crippen LogP contribution in [0, 0.1) is 6.92 Å². The van der Waals surface area contributed by atoms with Crippen LogP contribution in [0.1, 0.15) is 38.1 Å². The van der Waals surface area contributed by atoms with Gasteiger partial charge in [-0.3, -0.25) is 4.79 Å². The van der Waals surface area contributed by atoms with Gasteiger partial charge < -0.3 is 4.90 Å². The van der Waals surface area contributed by atoms with Gasteiger partial charge in [0.1, 0.15) is 6.54 Å². The Morgan fingerprint density at radius 3 is 2.79 bits per heavy atom. The quantitative estimate of drug-likeness (QED) is 0.709. The number of aryl methyl sites for hydroxylation is 1. The Labute approximate surface area is 145 Å². The van der Waals surface area contributed by atoms with Gasteiger partial charge in [0.15, 0.2) is 5.65 Å². The van der Waals surface area contributed by atoms with Gasteiger partial charge in [-0.1, -0.05) is 0 Å². The van der Waals surface area contributed by atoms with Crippen LogP contribution in [0.2, 0.25) is 0 Å². The first kappa shape index (κ1) is 16.6. The fourth-order valence-electron chi connectivity index (χ4n) is 3.11. The molecule has 0 fully saturated rings. The van der Waals surface area contributed by atoms with E-state index in [2.05, 4.69) is 28.5 Å². The molecular weight excluding hydrogens is 320 g/mol.